The summed E-state index contributed by atoms with van der Waals surface area (Å²) in [7, 11) is 3.16. The Morgan fingerprint density at radius 2 is 2.03 bits per heavy atom. The van der Waals surface area contributed by atoms with Crippen LogP contribution < -0.4 is 19.5 Å². The standard InChI is InChI=1S/C27H23N5O6S/c1-15-7-19(38-31-15)11-25(33)28-17-6-4-5-16(8-17)14-36-22-9-18(34-2)10-23-20(22)12-24(37-23)21-13-32-26(29-21)39-27(30-32)35-3/h4-10,12-13H,11,14H2,1-3H3,(H,28,33). The number of aromatic nitrogens is 4. The Bertz CT molecular complexity index is 1770. The van der Waals surface area contributed by atoms with E-state index in [1.165, 1.54) is 11.3 Å². The van der Waals surface area contributed by atoms with Gasteiger partial charge in [0.15, 0.2) is 5.76 Å². The van der Waals surface area contributed by atoms with Crippen molar-refractivity contribution in [1.82, 2.24) is 19.8 Å². The molecule has 4 aromatic heterocycles. The molecule has 0 saturated carbocycles. The highest BCUT2D eigenvalue weighted by molar-refractivity contribution is 7.18. The predicted octanol–water partition coefficient (Wildman–Crippen LogP) is 5.28. The van der Waals surface area contributed by atoms with E-state index in [4.69, 9.17) is 23.2 Å². The minimum atomic E-state index is -0.197. The predicted molar refractivity (Wildman–Crippen MR) is 144 cm³/mol. The van der Waals surface area contributed by atoms with Gasteiger partial charge in [0, 0.05) is 23.9 Å². The molecule has 1 amide bonds. The summed E-state index contributed by atoms with van der Waals surface area (Å²) in [5.74, 6) is 2.08. The van der Waals surface area contributed by atoms with Crippen LogP contribution in [0, 0.1) is 6.92 Å². The molecule has 0 aliphatic carbocycles. The van der Waals surface area contributed by atoms with E-state index in [1.54, 1.807) is 37.1 Å². The fourth-order valence-electron chi connectivity index (χ4n) is 4.09. The number of amides is 1. The van der Waals surface area contributed by atoms with E-state index in [9.17, 15) is 4.79 Å². The number of carbonyl (C=O) groups is 1. The molecular formula is C27H23N5O6S. The van der Waals surface area contributed by atoms with Crippen LogP contribution in [0.2, 0.25) is 0 Å². The third-order valence-electron chi connectivity index (χ3n) is 5.88. The monoisotopic (exact) mass is 545 g/mol. The molecule has 0 aliphatic heterocycles. The van der Waals surface area contributed by atoms with Gasteiger partial charge in [-0.25, -0.2) is 9.50 Å². The van der Waals surface area contributed by atoms with Crippen LogP contribution in [0.4, 0.5) is 5.69 Å². The van der Waals surface area contributed by atoms with E-state index in [-0.39, 0.29) is 18.9 Å². The lowest BCUT2D eigenvalue weighted by Gasteiger charge is -2.11. The number of aryl methyl sites for hydroxylation is 1. The van der Waals surface area contributed by atoms with Crippen LogP contribution in [-0.2, 0) is 17.8 Å². The molecule has 1 N–H and O–H groups in total. The Morgan fingerprint density at radius 1 is 1.13 bits per heavy atom. The van der Waals surface area contributed by atoms with E-state index < -0.39 is 0 Å². The first-order valence-corrected chi connectivity index (χ1v) is 12.7. The largest absolute Gasteiger partial charge is 0.496 e. The second-order valence-corrected chi connectivity index (χ2v) is 9.64. The van der Waals surface area contributed by atoms with Crippen molar-refractivity contribution in [3.63, 3.8) is 0 Å². The number of benzene rings is 2. The SMILES string of the molecule is COc1cc(OCc2cccc(NC(=O)Cc3cc(C)no3)c2)c2cc(-c3cn4nc(OC)sc4n3)oc2c1. The minimum Gasteiger partial charge on any atom is -0.496 e. The van der Waals surface area contributed by atoms with E-state index in [1.807, 2.05) is 43.3 Å². The van der Waals surface area contributed by atoms with E-state index in [0.29, 0.717) is 50.1 Å². The first-order valence-electron chi connectivity index (χ1n) is 11.9. The number of methoxy groups -OCH3 is 2. The number of fused-ring (bicyclic) bond motifs is 2. The summed E-state index contributed by atoms with van der Waals surface area (Å²) in [4.78, 5) is 17.7. The first kappa shape index (κ1) is 24.5. The molecule has 0 bridgehead atoms. The van der Waals surface area contributed by atoms with Gasteiger partial charge in [-0.1, -0.05) is 17.3 Å². The summed E-state index contributed by atoms with van der Waals surface area (Å²) in [6.07, 6.45) is 1.89. The van der Waals surface area contributed by atoms with Gasteiger partial charge in [-0.3, -0.25) is 4.79 Å². The summed E-state index contributed by atoms with van der Waals surface area (Å²) in [6, 6.07) is 14.7. The number of nitrogens with one attached hydrogen (secondary N) is 1. The molecule has 0 fully saturated rings. The van der Waals surface area contributed by atoms with Gasteiger partial charge in [0.25, 0.3) is 5.19 Å². The van der Waals surface area contributed by atoms with Crippen LogP contribution in [0.25, 0.3) is 27.4 Å². The van der Waals surface area contributed by atoms with Gasteiger partial charge in [-0.05, 0) is 42.0 Å². The van der Waals surface area contributed by atoms with Crippen LogP contribution >= 0.6 is 11.3 Å². The number of nitrogens with zero attached hydrogens (tertiary/aromatic N) is 4. The van der Waals surface area contributed by atoms with Gasteiger partial charge in [0.2, 0.25) is 10.9 Å². The molecule has 39 heavy (non-hydrogen) atoms. The highest BCUT2D eigenvalue weighted by atomic mass is 32.1. The fraction of sp³-hybridized carbons (Fsp3) is 0.185. The number of hydrogen-bond donors (Lipinski definition) is 1. The molecule has 0 atom stereocenters. The van der Waals surface area contributed by atoms with Crippen molar-refractivity contribution in [3.05, 3.63) is 71.7 Å². The van der Waals surface area contributed by atoms with Crippen molar-refractivity contribution < 1.29 is 27.9 Å². The molecule has 0 radical (unpaired) electrons. The fourth-order valence-corrected chi connectivity index (χ4v) is 4.79. The molecule has 0 saturated heterocycles. The van der Waals surface area contributed by atoms with Gasteiger partial charge in [0.1, 0.15) is 35.1 Å². The Balaban J connectivity index is 1.20. The van der Waals surface area contributed by atoms with Crippen molar-refractivity contribution in [3.8, 4) is 28.1 Å². The van der Waals surface area contributed by atoms with Crippen molar-refractivity contribution in [1.29, 1.82) is 0 Å². The highest BCUT2D eigenvalue weighted by Gasteiger charge is 2.17. The molecule has 0 spiro atoms. The molecule has 198 valence electrons. The lowest BCUT2D eigenvalue weighted by atomic mass is 10.2. The second kappa shape index (κ2) is 10.1. The molecule has 2 aromatic carbocycles. The molecule has 6 rings (SSSR count). The number of furan rings is 1. The van der Waals surface area contributed by atoms with Crippen molar-refractivity contribution in [2.24, 2.45) is 0 Å². The Kier molecular flexibility index (Phi) is 6.37. The lowest BCUT2D eigenvalue weighted by Crippen LogP contribution is -2.14. The summed E-state index contributed by atoms with van der Waals surface area (Å²) in [6.45, 7) is 2.07. The third-order valence-corrected chi connectivity index (χ3v) is 6.76. The van der Waals surface area contributed by atoms with Crippen LogP contribution in [0.3, 0.4) is 0 Å². The zero-order valence-corrected chi connectivity index (χ0v) is 22.1. The maximum Gasteiger partial charge on any atom is 0.294 e. The second-order valence-electron chi connectivity index (χ2n) is 8.72. The number of anilines is 1. The third kappa shape index (κ3) is 5.14. The van der Waals surface area contributed by atoms with Gasteiger partial charge in [-0.15, -0.1) is 5.10 Å². The molecule has 0 aliphatic rings. The molecule has 12 heteroatoms. The molecule has 0 unspecified atom stereocenters. The lowest BCUT2D eigenvalue weighted by molar-refractivity contribution is -0.115. The zero-order valence-electron chi connectivity index (χ0n) is 21.3. The Morgan fingerprint density at radius 3 is 2.79 bits per heavy atom. The summed E-state index contributed by atoms with van der Waals surface area (Å²) >= 11 is 1.34. The summed E-state index contributed by atoms with van der Waals surface area (Å²) in [5.41, 5.74) is 3.50. The van der Waals surface area contributed by atoms with Gasteiger partial charge in [0.05, 0.1) is 37.9 Å². The van der Waals surface area contributed by atoms with E-state index in [2.05, 4.69) is 20.6 Å². The van der Waals surface area contributed by atoms with Crippen LogP contribution in [0.5, 0.6) is 16.7 Å². The van der Waals surface area contributed by atoms with Crippen molar-refractivity contribution in [2.45, 2.75) is 20.0 Å². The first-order chi connectivity index (χ1) is 19.0. The van der Waals surface area contributed by atoms with Gasteiger partial charge >= 0.3 is 0 Å². The maximum absolute atomic E-state index is 12.4. The smallest absolute Gasteiger partial charge is 0.294 e. The van der Waals surface area contributed by atoms with Crippen molar-refractivity contribution >= 4 is 38.9 Å². The summed E-state index contributed by atoms with van der Waals surface area (Å²) < 4.78 is 29.7. The summed E-state index contributed by atoms with van der Waals surface area (Å²) in [5, 5.41) is 12.3. The number of carbonyl (C=O) groups excluding carboxylic acids is 1. The number of imidazole rings is 1. The average Bonchev–Trinajstić information content (AvgIpc) is 3.70. The minimum absolute atomic E-state index is 0.102. The van der Waals surface area contributed by atoms with Crippen LogP contribution in [0.15, 0.2) is 63.7 Å². The topological polar surface area (TPSA) is 126 Å². The Labute approximate surface area is 225 Å². The van der Waals surface area contributed by atoms with Gasteiger partial charge < -0.3 is 28.5 Å². The normalized spacial score (nSPS) is 11.3. The quantitative estimate of drug-likeness (QED) is 0.258. The molecule has 4 heterocycles. The van der Waals surface area contributed by atoms with Crippen LogP contribution in [-0.4, -0.2) is 39.9 Å². The zero-order chi connectivity index (χ0) is 26.9. The maximum atomic E-state index is 12.4. The molecule has 11 nitrogen and oxygen atoms in total. The average molecular weight is 546 g/mol. The Hall–Kier alpha value is -4.84. The van der Waals surface area contributed by atoms with Crippen LogP contribution in [0.1, 0.15) is 17.0 Å². The van der Waals surface area contributed by atoms with E-state index in [0.717, 1.165) is 16.6 Å². The van der Waals surface area contributed by atoms with Gasteiger partial charge in [-0.2, -0.15) is 0 Å². The number of ether oxygens (including phenoxy) is 3. The van der Waals surface area contributed by atoms with E-state index >= 15 is 0 Å². The van der Waals surface area contributed by atoms with Crippen molar-refractivity contribution in [2.75, 3.05) is 19.5 Å². The highest BCUT2D eigenvalue weighted by Crippen LogP contribution is 2.37. The number of hydrogen-bond acceptors (Lipinski definition) is 10. The molecular weight excluding hydrogens is 522 g/mol. The molecule has 6 aromatic rings. The number of rotatable bonds is 9.